The number of carbonyl (C=O) groups excluding carboxylic acids is 1. The number of halogens is 1. The van der Waals surface area contributed by atoms with Crippen LogP contribution < -0.4 is 15.0 Å². The van der Waals surface area contributed by atoms with Gasteiger partial charge in [-0.25, -0.2) is 9.37 Å². The Morgan fingerprint density at radius 3 is 2.57 bits per heavy atom. The smallest absolute Gasteiger partial charge is 0.225 e. The van der Waals surface area contributed by atoms with Gasteiger partial charge in [0.1, 0.15) is 16.3 Å². The Morgan fingerprint density at radius 2 is 1.90 bits per heavy atom. The van der Waals surface area contributed by atoms with Gasteiger partial charge in [-0.05, 0) is 43.4 Å². The van der Waals surface area contributed by atoms with Crippen LogP contribution in [0.15, 0.2) is 36.7 Å². The van der Waals surface area contributed by atoms with E-state index in [4.69, 9.17) is 9.72 Å². The van der Waals surface area contributed by atoms with Crippen molar-refractivity contribution in [2.75, 3.05) is 36.6 Å². The summed E-state index contributed by atoms with van der Waals surface area (Å²) in [5.74, 6) is -0.168. The summed E-state index contributed by atoms with van der Waals surface area (Å²) in [6.07, 6.45) is 7.29. The molecule has 0 radical (unpaired) electrons. The second-order valence-corrected chi connectivity index (χ2v) is 14.8. The van der Waals surface area contributed by atoms with E-state index < -0.39 is 21.9 Å². The van der Waals surface area contributed by atoms with E-state index in [1.807, 2.05) is 24.3 Å². The molecule has 3 aromatic rings. The zero-order valence-electron chi connectivity index (χ0n) is 23.4. The zero-order chi connectivity index (χ0) is 29.5. The molecule has 6 rings (SSSR count). The topological polar surface area (TPSA) is 132 Å². The van der Waals surface area contributed by atoms with Gasteiger partial charge in [0, 0.05) is 30.6 Å². The number of carbonyl (C=O) groups is 1. The number of rotatable bonds is 7. The second kappa shape index (κ2) is 11.4. The molecule has 0 bridgehead atoms. The standard InChI is InChI=1S/C30H34FN5O4S2/c1-40-24-17-33-16-23(31)25(24)29-34-26(21-4-2-3-5-22(21)28(37)35-30(18-32)10-11-30)27(41-29)19-6-8-20(9-7-19)36-12-14-42(38,39)15-13-36/h6-9,16-17,21-22,38-39H,2-5,10-15H2,1H3,(H,35,37)/t21-,22-/m1/s1. The number of ether oxygens (including phenoxy) is 1. The van der Waals surface area contributed by atoms with Gasteiger partial charge in [-0.2, -0.15) is 15.9 Å². The van der Waals surface area contributed by atoms with Gasteiger partial charge >= 0.3 is 0 Å². The molecule has 0 spiro atoms. The summed E-state index contributed by atoms with van der Waals surface area (Å²) in [6, 6.07) is 10.3. The van der Waals surface area contributed by atoms with Crippen molar-refractivity contribution in [1.82, 2.24) is 15.3 Å². The highest BCUT2D eigenvalue weighted by Crippen LogP contribution is 2.48. The SMILES string of the molecule is COc1cncc(F)c1-c1nc([C@@H]2CCCC[C@H]2C(=O)NC2(C#N)CC2)c(-c2ccc(N3CCS(O)(O)CC3)cc2)s1. The lowest BCUT2D eigenvalue weighted by molar-refractivity contribution is -0.127. The maximum absolute atomic E-state index is 15.1. The number of aromatic nitrogens is 2. The molecule has 12 heteroatoms. The summed E-state index contributed by atoms with van der Waals surface area (Å²) in [7, 11) is -1.02. The molecule has 3 fully saturated rings. The number of thiazole rings is 1. The maximum atomic E-state index is 15.1. The molecule has 222 valence electrons. The molecule has 3 aliphatic rings. The Morgan fingerprint density at radius 1 is 1.19 bits per heavy atom. The van der Waals surface area contributed by atoms with E-state index in [9.17, 15) is 19.2 Å². The molecule has 1 saturated heterocycles. The van der Waals surface area contributed by atoms with Gasteiger partial charge in [0.25, 0.3) is 0 Å². The summed E-state index contributed by atoms with van der Waals surface area (Å²) in [5, 5.41) is 13.0. The first-order valence-corrected chi connectivity index (χ1v) is 16.9. The van der Waals surface area contributed by atoms with Gasteiger partial charge in [0.2, 0.25) is 5.91 Å². The first-order valence-electron chi connectivity index (χ1n) is 14.2. The minimum absolute atomic E-state index is 0.113. The molecule has 1 aromatic carbocycles. The van der Waals surface area contributed by atoms with Gasteiger partial charge in [-0.1, -0.05) is 25.0 Å². The molecule has 2 atom stereocenters. The molecule has 3 heterocycles. The first kappa shape index (κ1) is 28.9. The Labute approximate surface area is 250 Å². The van der Waals surface area contributed by atoms with E-state index in [2.05, 4.69) is 21.3 Å². The molecular weight excluding hydrogens is 577 g/mol. The maximum Gasteiger partial charge on any atom is 0.225 e. The lowest BCUT2D eigenvalue weighted by Crippen LogP contribution is -2.42. The van der Waals surface area contributed by atoms with Gasteiger partial charge in [0.05, 0.1) is 53.2 Å². The van der Waals surface area contributed by atoms with E-state index in [-0.39, 0.29) is 29.1 Å². The number of pyridine rings is 1. The number of nitrogens with one attached hydrogen (secondary N) is 1. The predicted octanol–water partition coefficient (Wildman–Crippen LogP) is 6.04. The fourth-order valence-corrected chi connectivity index (χ4v) is 8.40. The summed E-state index contributed by atoms with van der Waals surface area (Å²) >= 11 is 1.37. The molecule has 2 aromatic heterocycles. The summed E-state index contributed by atoms with van der Waals surface area (Å²) in [6.45, 7) is 1.14. The third-order valence-corrected chi connectivity index (χ3v) is 11.4. The van der Waals surface area contributed by atoms with Crippen LogP contribution in [0.1, 0.15) is 50.1 Å². The molecule has 42 heavy (non-hydrogen) atoms. The van der Waals surface area contributed by atoms with Crippen molar-refractivity contribution >= 4 is 33.5 Å². The van der Waals surface area contributed by atoms with Crippen LogP contribution >= 0.6 is 21.9 Å². The summed E-state index contributed by atoms with van der Waals surface area (Å²) in [5.41, 5.74) is 2.15. The molecule has 2 aliphatic carbocycles. The highest BCUT2D eigenvalue weighted by molar-refractivity contribution is 8.24. The van der Waals surface area contributed by atoms with Crippen molar-refractivity contribution in [3.8, 4) is 32.8 Å². The molecular formula is C30H34FN5O4S2. The van der Waals surface area contributed by atoms with Gasteiger partial charge in [-0.15, -0.1) is 11.3 Å². The highest BCUT2D eigenvalue weighted by Gasteiger charge is 2.47. The quantitative estimate of drug-likeness (QED) is 0.295. The number of amides is 1. The third kappa shape index (κ3) is 5.71. The Hall–Kier alpha value is -3.24. The average molecular weight is 612 g/mol. The van der Waals surface area contributed by atoms with Gasteiger partial charge in [-0.3, -0.25) is 18.9 Å². The monoisotopic (exact) mass is 611 g/mol. The predicted molar refractivity (Wildman–Crippen MR) is 163 cm³/mol. The number of anilines is 1. The van der Waals surface area contributed by atoms with Crippen LogP contribution in [0.5, 0.6) is 5.75 Å². The minimum Gasteiger partial charge on any atom is -0.494 e. The normalized spacial score (nSPS) is 23.5. The largest absolute Gasteiger partial charge is 0.494 e. The lowest BCUT2D eigenvalue weighted by atomic mass is 9.76. The van der Waals surface area contributed by atoms with E-state index in [0.29, 0.717) is 48.9 Å². The highest BCUT2D eigenvalue weighted by atomic mass is 32.3. The zero-order valence-corrected chi connectivity index (χ0v) is 25.0. The molecule has 0 unspecified atom stereocenters. The van der Waals surface area contributed by atoms with Crippen molar-refractivity contribution in [3.05, 3.63) is 48.2 Å². The number of nitrogens with zero attached hydrogens (tertiary/aromatic N) is 4. The van der Waals surface area contributed by atoms with Crippen molar-refractivity contribution in [2.45, 2.75) is 50.0 Å². The molecule has 3 N–H and O–H groups in total. The number of hydrogen-bond acceptors (Lipinski definition) is 9. The summed E-state index contributed by atoms with van der Waals surface area (Å²) < 4.78 is 40.6. The molecule has 1 aliphatic heterocycles. The van der Waals surface area contributed by atoms with Gasteiger partial charge in [0.15, 0.2) is 5.82 Å². The van der Waals surface area contributed by atoms with E-state index in [0.717, 1.165) is 47.3 Å². The summed E-state index contributed by atoms with van der Waals surface area (Å²) in [4.78, 5) is 25.5. The van der Waals surface area contributed by atoms with Crippen LogP contribution in [-0.2, 0) is 4.79 Å². The number of methoxy groups -OCH3 is 1. The Kier molecular flexibility index (Phi) is 7.87. The third-order valence-electron chi connectivity index (χ3n) is 8.60. The van der Waals surface area contributed by atoms with Crippen molar-refractivity contribution in [2.24, 2.45) is 5.92 Å². The van der Waals surface area contributed by atoms with Crippen LogP contribution in [-0.4, -0.2) is 62.2 Å². The lowest BCUT2D eigenvalue weighted by Gasteiger charge is -2.41. The Bertz CT molecular complexity index is 1510. The van der Waals surface area contributed by atoms with Gasteiger partial charge < -0.3 is 15.0 Å². The van der Waals surface area contributed by atoms with Crippen molar-refractivity contribution in [1.29, 1.82) is 5.26 Å². The van der Waals surface area contributed by atoms with Crippen LogP contribution in [0.3, 0.4) is 0 Å². The van der Waals surface area contributed by atoms with E-state index in [1.54, 1.807) is 0 Å². The van der Waals surface area contributed by atoms with Crippen LogP contribution in [0, 0.1) is 23.1 Å². The first-order chi connectivity index (χ1) is 20.2. The van der Waals surface area contributed by atoms with Crippen LogP contribution in [0.25, 0.3) is 21.0 Å². The molecule has 2 saturated carbocycles. The minimum atomic E-state index is -2.49. The second-order valence-electron chi connectivity index (χ2n) is 11.4. The number of nitriles is 1. The van der Waals surface area contributed by atoms with Crippen molar-refractivity contribution in [3.63, 3.8) is 0 Å². The van der Waals surface area contributed by atoms with Crippen LogP contribution in [0.4, 0.5) is 10.1 Å². The number of hydrogen-bond donors (Lipinski definition) is 3. The van der Waals surface area contributed by atoms with E-state index in [1.165, 1.54) is 24.6 Å². The van der Waals surface area contributed by atoms with Crippen molar-refractivity contribution < 1.29 is 23.0 Å². The molecule has 1 amide bonds. The average Bonchev–Trinajstić information content (AvgIpc) is 3.64. The number of benzene rings is 1. The van der Waals surface area contributed by atoms with E-state index >= 15 is 4.39 Å². The Balaban J connectivity index is 1.38. The molecule has 9 nitrogen and oxygen atoms in total. The fourth-order valence-electron chi connectivity index (χ4n) is 5.98. The van der Waals surface area contributed by atoms with Crippen LogP contribution in [0.2, 0.25) is 0 Å². The fraction of sp³-hybridized carbons (Fsp3) is 0.467.